The fourth-order valence-corrected chi connectivity index (χ4v) is 16.0. The Hall–Kier alpha value is -7.76. The molecular weight excluding hydrogens is 1350 g/mol. The lowest BCUT2D eigenvalue weighted by Gasteiger charge is -2.17. The normalized spacial score (nSPS) is 13.2. The van der Waals surface area contributed by atoms with Crippen molar-refractivity contribution in [3.63, 3.8) is 0 Å². The van der Waals surface area contributed by atoms with Gasteiger partial charge in [0.1, 0.15) is 39.6 Å². The van der Waals surface area contributed by atoms with Gasteiger partial charge in [0, 0.05) is 57.5 Å². The summed E-state index contributed by atoms with van der Waals surface area (Å²) in [6.45, 7) is 65.0. The number of rotatable bonds is 14. The van der Waals surface area contributed by atoms with Gasteiger partial charge in [-0.3, -0.25) is 0 Å². The number of benzene rings is 3. The van der Waals surface area contributed by atoms with Gasteiger partial charge in [-0.1, -0.05) is 242 Å². The number of aromatic nitrogens is 10. The van der Waals surface area contributed by atoms with Crippen LogP contribution in [-0.4, -0.2) is 70.8 Å². The van der Waals surface area contributed by atoms with E-state index >= 15 is 0 Å². The van der Waals surface area contributed by atoms with Crippen LogP contribution >= 0.6 is 22.7 Å². The van der Waals surface area contributed by atoms with Gasteiger partial charge in [0.25, 0.3) is 0 Å². The molecule has 15 nitrogen and oxygen atoms in total. The minimum atomic E-state index is 0.300. The third kappa shape index (κ3) is 19.4. The molecule has 106 heavy (non-hydrogen) atoms. The van der Waals surface area contributed by atoms with Crippen LogP contribution in [0.25, 0.3) is 37.5 Å². The summed E-state index contributed by atoms with van der Waals surface area (Å²) < 4.78 is 30.6. The number of fused-ring (bicyclic) bond motifs is 7. The second-order valence-corrected chi connectivity index (χ2v) is 34.6. The van der Waals surface area contributed by atoms with Crippen molar-refractivity contribution in [3.8, 4) is 23.0 Å². The van der Waals surface area contributed by atoms with E-state index in [-0.39, 0.29) is 0 Å². The number of ether oxygens (including phenoxy) is 4. The van der Waals surface area contributed by atoms with E-state index in [1.807, 2.05) is 16.8 Å². The zero-order valence-corrected chi connectivity index (χ0v) is 71.1. The zero-order valence-electron chi connectivity index (χ0n) is 69.5. The molecule has 17 heteroatoms. The number of thiazole rings is 1. The fraction of sp³-hybridized carbons (Fsp3) is 0.551. The molecule has 3 aromatic carbocycles. The standard InChI is InChI=1S/C15H20S.C15H20.C13H18O2.2C12H18N2O.C11H15N3O.C11H15N3S/c1-9(2)12-6-7-13(10(3)4)15-14(12)11(5)8-16-15;1-10(2)12-8-9-13(11(3)4)15-7-5-6-14(12)15;1-8(2)10-5-6-11(9(3)4)13-12(10)14-7-15-13;2*1-7(2)10-9-5-6-15-12(9)11(8(3)4)14-13-10;2*1-6(2)8-10-11(15-5-12-10)9(7(3)4)14-13-8/h6-10H,1-5H3;5-6,8-11H,7H2,1-4H3;5-6,8-9H,7H2,1-4H3;2*7-8H,5-6H2,1-4H3;2*5-7H,1-4H3. The van der Waals surface area contributed by atoms with E-state index in [2.05, 4.69) is 305 Å². The van der Waals surface area contributed by atoms with Crippen LogP contribution in [0.5, 0.6) is 23.0 Å². The molecule has 0 saturated carbocycles. The number of hydrogen-bond acceptors (Lipinski definition) is 17. The molecule has 0 atom stereocenters. The van der Waals surface area contributed by atoms with Crippen molar-refractivity contribution in [2.24, 2.45) is 0 Å². The van der Waals surface area contributed by atoms with Gasteiger partial charge in [0.2, 0.25) is 6.79 Å². The Morgan fingerprint density at radius 2 is 0.736 bits per heavy atom. The molecule has 0 radical (unpaired) electrons. The molecule has 10 aromatic rings. The topological polar surface area (TPSA) is 179 Å². The van der Waals surface area contributed by atoms with Crippen LogP contribution in [0.1, 0.15) is 383 Å². The summed E-state index contributed by atoms with van der Waals surface area (Å²) in [6, 6.07) is 13.6. The van der Waals surface area contributed by atoms with Gasteiger partial charge in [0.05, 0.1) is 51.9 Å². The summed E-state index contributed by atoms with van der Waals surface area (Å²) in [7, 11) is 0. The van der Waals surface area contributed by atoms with E-state index in [0.29, 0.717) is 89.6 Å². The van der Waals surface area contributed by atoms with Gasteiger partial charge in [-0.05, 0) is 128 Å². The predicted molar refractivity (Wildman–Crippen MR) is 443 cm³/mol. The maximum atomic E-state index is 5.68. The Kier molecular flexibility index (Phi) is 29.6. The minimum absolute atomic E-state index is 0.300. The molecule has 0 unspecified atom stereocenters. The highest BCUT2D eigenvalue weighted by atomic mass is 32.1. The van der Waals surface area contributed by atoms with Crippen molar-refractivity contribution in [1.82, 2.24) is 50.8 Å². The van der Waals surface area contributed by atoms with Crippen LogP contribution in [0.2, 0.25) is 0 Å². The predicted octanol–water partition coefficient (Wildman–Crippen LogP) is 25.1. The average molecular weight is 1480 g/mol. The molecule has 572 valence electrons. The molecule has 0 bridgehead atoms. The summed E-state index contributed by atoms with van der Waals surface area (Å²) in [5.41, 5.74) is 28.2. The van der Waals surface area contributed by atoms with Crippen LogP contribution in [-0.2, 0) is 19.3 Å². The number of thiophene rings is 1. The molecule has 14 rings (SSSR count). The van der Waals surface area contributed by atoms with E-state index in [9.17, 15) is 0 Å². The first-order valence-corrected chi connectivity index (χ1v) is 40.9. The molecule has 0 saturated heterocycles. The quantitative estimate of drug-likeness (QED) is 0.100. The van der Waals surface area contributed by atoms with Crippen LogP contribution in [0.3, 0.4) is 0 Å². The largest absolute Gasteiger partial charge is 0.491 e. The van der Waals surface area contributed by atoms with E-state index < -0.39 is 0 Å². The second-order valence-electron chi connectivity index (χ2n) is 32.8. The van der Waals surface area contributed by atoms with Gasteiger partial charge in [-0.2, -0.15) is 40.8 Å². The minimum Gasteiger partial charge on any atom is -0.491 e. The van der Waals surface area contributed by atoms with Crippen molar-refractivity contribution in [2.75, 3.05) is 20.0 Å². The lowest BCUT2D eigenvalue weighted by molar-refractivity contribution is 0.172. The summed E-state index contributed by atoms with van der Waals surface area (Å²) in [4.78, 5) is 8.61. The highest BCUT2D eigenvalue weighted by molar-refractivity contribution is 7.17. The van der Waals surface area contributed by atoms with Gasteiger partial charge < -0.3 is 23.4 Å². The van der Waals surface area contributed by atoms with Crippen LogP contribution in [0, 0.1) is 6.92 Å². The first-order valence-electron chi connectivity index (χ1n) is 39.2. The van der Waals surface area contributed by atoms with E-state index in [1.165, 1.54) is 76.8 Å². The highest BCUT2D eigenvalue weighted by Crippen LogP contribution is 2.45. The molecule has 0 amide bonds. The monoisotopic (exact) mass is 1480 g/mol. The van der Waals surface area contributed by atoms with Gasteiger partial charge >= 0.3 is 0 Å². The van der Waals surface area contributed by atoms with E-state index in [0.717, 1.165) is 118 Å². The maximum absolute atomic E-state index is 5.68. The summed E-state index contributed by atoms with van der Waals surface area (Å²) in [5, 5.41) is 38.1. The molecule has 0 fully saturated rings. The van der Waals surface area contributed by atoms with Crippen molar-refractivity contribution in [2.45, 2.75) is 303 Å². The Morgan fingerprint density at radius 3 is 1.20 bits per heavy atom. The van der Waals surface area contributed by atoms with E-state index in [1.54, 1.807) is 16.9 Å². The smallest absolute Gasteiger partial charge is 0.231 e. The Balaban J connectivity index is 0.000000156. The number of oxazole rings is 1. The zero-order chi connectivity index (χ0) is 77.9. The molecule has 4 aliphatic rings. The lowest BCUT2D eigenvalue weighted by atomic mass is 9.88. The van der Waals surface area contributed by atoms with Crippen LogP contribution in [0.4, 0.5) is 0 Å². The van der Waals surface area contributed by atoms with Gasteiger partial charge in [-0.25, -0.2) is 9.97 Å². The number of aryl methyl sites for hydroxylation is 1. The molecular formula is C89H124N10O5S2. The number of allylic oxidation sites excluding steroid dienone is 1. The van der Waals surface area contributed by atoms with Gasteiger partial charge in [-0.15, -0.1) is 22.7 Å². The molecule has 0 spiro atoms. The second kappa shape index (κ2) is 37.4. The molecule has 1 aliphatic carbocycles. The first kappa shape index (κ1) is 83.9. The molecule has 0 N–H and O–H groups in total. The fourth-order valence-electron chi connectivity index (χ4n) is 13.8. The number of nitrogens with zero attached hydrogens (tertiary/aromatic N) is 10. The average Bonchev–Trinajstić information content (AvgIpc) is 1.61. The Bertz CT molecular complexity index is 4100. The SMILES string of the molecule is CC(C)c1ccc(C(C)C)c2c1C=CC2.CC(C)c1ccc(C(C)C)c2c1OCO2.CC(C)c1nnc(C(C)C)c2c1CCO2.CC(C)c1nnc(C(C)C)c2c1CCO2.CC(C)c1nnc(C(C)C)c2ocnc12.CC(C)c1nnc(C(C)C)c2scnc12.Cc1csc2c(C(C)C)ccc(C(C)C)c12. The Labute approximate surface area is 642 Å². The number of hydrogen-bond donors (Lipinski definition) is 0. The van der Waals surface area contributed by atoms with E-state index in [4.69, 9.17) is 23.4 Å². The maximum Gasteiger partial charge on any atom is 0.231 e. The van der Waals surface area contributed by atoms with Crippen LogP contribution in [0.15, 0.2) is 64.2 Å². The third-order valence-corrected chi connectivity index (χ3v) is 21.7. The Morgan fingerprint density at radius 1 is 0.340 bits per heavy atom. The van der Waals surface area contributed by atoms with Crippen molar-refractivity contribution < 1.29 is 23.4 Å². The van der Waals surface area contributed by atoms with Crippen molar-refractivity contribution in [3.05, 3.63) is 167 Å². The lowest BCUT2D eigenvalue weighted by Crippen LogP contribution is -2.05. The molecule has 3 aliphatic heterocycles. The first-order chi connectivity index (χ1) is 50.2. The van der Waals surface area contributed by atoms with Crippen LogP contribution < -0.4 is 18.9 Å². The molecule has 10 heterocycles. The van der Waals surface area contributed by atoms with Gasteiger partial charge in [0.15, 0.2) is 23.5 Å². The summed E-state index contributed by atoms with van der Waals surface area (Å²) in [6.07, 6.45) is 9.16. The molecule has 7 aromatic heterocycles. The van der Waals surface area contributed by atoms with Crippen molar-refractivity contribution in [1.29, 1.82) is 0 Å². The summed E-state index contributed by atoms with van der Waals surface area (Å²) >= 11 is 3.56. The summed E-state index contributed by atoms with van der Waals surface area (Å²) in [5.74, 6) is 10.4. The van der Waals surface area contributed by atoms with Crippen molar-refractivity contribution >= 4 is 60.2 Å². The third-order valence-electron chi connectivity index (χ3n) is 19.7. The highest BCUT2D eigenvalue weighted by Gasteiger charge is 2.29.